The second-order valence-electron chi connectivity index (χ2n) is 3.20. The number of unbranched alkanes of at least 4 members (excludes halogenated alkanes) is 2. The van der Waals surface area contributed by atoms with Crippen LogP contribution in [0.2, 0.25) is 0 Å². The molecule has 0 aromatic carbocycles. The maximum absolute atomic E-state index is 5.44. The van der Waals surface area contributed by atoms with Crippen molar-refractivity contribution in [1.82, 2.24) is 0 Å². The fourth-order valence-electron chi connectivity index (χ4n) is 1.42. The van der Waals surface area contributed by atoms with E-state index in [2.05, 4.69) is 13.0 Å². The van der Waals surface area contributed by atoms with Gasteiger partial charge < -0.3 is 4.74 Å². The average molecular weight is 154 g/mol. The van der Waals surface area contributed by atoms with E-state index in [0.29, 0.717) is 6.10 Å². The Bertz CT molecular complexity index is 118. The smallest absolute Gasteiger partial charge is 0.0981 e. The second-order valence-corrected chi connectivity index (χ2v) is 3.20. The van der Waals surface area contributed by atoms with Gasteiger partial charge >= 0.3 is 0 Å². The van der Waals surface area contributed by atoms with Crippen molar-refractivity contribution in [2.24, 2.45) is 0 Å². The molecule has 1 atom stereocenters. The molecule has 0 aromatic heterocycles. The fraction of sp³-hybridized carbons (Fsp3) is 0.800. The minimum absolute atomic E-state index is 0.520. The van der Waals surface area contributed by atoms with Gasteiger partial charge in [-0.25, -0.2) is 0 Å². The van der Waals surface area contributed by atoms with Gasteiger partial charge in [-0.1, -0.05) is 19.8 Å². The zero-order valence-corrected chi connectivity index (χ0v) is 7.38. The zero-order chi connectivity index (χ0) is 7.94. The van der Waals surface area contributed by atoms with Crippen LogP contribution in [0, 0.1) is 0 Å². The summed E-state index contributed by atoms with van der Waals surface area (Å²) in [6.45, 7) is 2.24. The Kier molecular flexibility index (Phi) is 4.10. The van der Waals surface area contributed by atoms with E-state index in [4.69, 9.17) is 4.74 Å². The Morgan fingerprint density at radius 2 is 2.36 bits per heavy atom. The summed E-state index contributed by atoms with van der Waals surface area (Å²) in [7, 11) is 0. The predicted octanol–water partition coefficient (Wildman–Crippen LogP) is 3.26. The maximum Gasteiger partial charge on any atom is 0.0981 e. The van der Waals surface area contributed by atoms with Crippen LogP contribution in [0.1, 0.15) is 45.4 Å². The molecule has 0 saturated carbocycles. The topological polar surface area (TPSA) is 9.23 Å². The van der Waals surface area contributed by atoms with Crippen LogP contribution in [0.25, 0.3) is 0 Å². The number of rotatable bonds is 4. The lowest BCUT2D eigenvalue weighted by Gasteiger charge is -2.18. The summed E-state index contributed by atoms with van der Waals surface area (Å²) < 4.78 is 5.44. The minimum Gasteiger partial charge on any atom is -0.498 e. The SMILES string of the molecule is CCCCCC1CCC=CO1. The average Bonchev–Trinajstić information content (AvgIpc) is 2.07. The first-order chi connectivity index (χ1) is 5.43. The minimum atomic E-state index is 0.520. The molecule has 11 heavy (non-hydrogen) atoms. The molecule has 0 amide bonds. The Balaban J connectivity index is 2.02. The monoisotopic (exact) mass is 154 g/mol. The summed E-state index contributed by atoms with van der Waals surface area (Å²) in [5, 5.41) is 0. The van der Waals surface area contributed by atoms with Crippen LogP contribution in [-0.4, -0.2) is 6.10 Å². The van der Waals surface area contributed by atoms with Crippen molar-refractivity contribution in [2.75, 3.05) is 0 Å². The maximum atomic E-state index is 5.44. The lowest BCUT2D eigenvalue weighted by atomic mass is 10.1. The number of allylic oxidation sites excluding steroid dienone is 1. The molecule has 1 unspecified atom stereocenters. The summed E-state index contributed by atoms with van der Waals surface area (Å²) in [5.41, 5.74) is 0. The van der Waals surface area contributed by atoms with Crippen molar-refractivity contribution in [1.29, 1.82) is 0 Å². The molecule has 0 N–H and O–H groups in total. The molecule has 0 spiro atoms. The third-order valence-corrected chi connectivity index (χ3v) is 2.15. The van der Waals surface area contributed by atoms with Crippen LogP contribution in [0.3, 0.4) is 0 Å². The van der Waals surface area contributed by atoms with E-state index in [1.54, 1.807) is 0 Å². The van der Waals surface area contributed by atoms with Crippen molar-refractivity contribution < 1.29 is 4.74 Å². The third-order valence-electron chi connectivity index (χ3n) is 2.15. The highest BCUT2D eigenvalue weighted by Crippen LogP contribution is 2.16. The molecule has 0 aromatic rings. The second kappa shape index (κ2) is 5.22. The van der Waals surface area contributed by atoms with Crippen LogP contribution in [0.4, 0.5) is 0 Å². The summed E-state index contributed by atoms with van der Waals surface area (Å²) in [6.07, 6.45) is 12.2. The van der Waals surface area contributed by atoms with E-state index in [1.807, 2.05) is 6.26 Å². The van der Waals surface area contributed by atoms with Gasteiger partial charge in [0.15, 0.2) is 0 Å². The molecule has 64 valence electrons. The van der Waals surface area contributed by atoms with E-state index >= 15 is 0 Å². The highest BCUT2D eigenvalue weighted by atomic mass is 16.5. The first-order valence-electron chi connectivity index (χ1n) is 4.74. The molecule has 1 heteroatoms. The largest absolute Gasteiger partial charge is 0.498 e. The standard InChI is InChI=1S/C10H18O/c1-2-3-4-7-10-8-5-6-9-11-10/h6,9-10H,2-5,7-8H2,1H3. The highest BCUT2D eigenvalue weighted by molar-refractivity contribution is 4.81. The van der Waals surface area contributed by atoms with Gasteiger partial charge in [-0.15, -0.1) is 0 Å². The molecule has 0 radical (unpaired) electrons. The quantitative estimate of drug-likeness (QED) is 0.565. The molecule has 1 rings (SSSR count). The Morgan fingerprint density at radius 1 is 1.45 bits per heavy atom. The van der Waals surface area contributed by atoms with Crippen LogP contribution in [-0.2, 0) is 4.74 Å². The fourth-order valence-corrected chi connectivity index (χ4v) is 1.42. The molecule has 1 aliphatic heterocycles. The molecule has 1 aliphatic rings. The molecule has 0 aliphatic carbocycles. The highest BCUT2D eigenvalue weighted by Gasteiger charge is 2.09. The van der Waals surface area contributed by atoms with Gasteiger partial charge in [0.05, 0.1) is 12.4 Å². The summed E-state index contributed by atoms with van der Waals surface area (Å²) >= 11 is 0. The third kappa shape index (κ3) is 3.45. The molecule has 1 nitrogen and oxygen atoms in total. The Labute approximate surface area is 69.4 Å². The number of hydrogen-bond donors (Lipinski definition) is 0. The van der Waals surface area contributed by atoms with Gasteiger partial charge in [0, 0.05) is 0 Å². The van der Waals surface area contributed by atoms with E-state index in [9.17, 15) is 0 Å². The van der Waals surface area contributed by atoms with E-state index in [0.717, 1.165) is 0 Å². The Hall–Kier alpha value is -0.460. The summed E-state index contributed by atoms with van der Waals surface area (Å²) in [5.74, 6) is 0. The van der Waals surface area contributed by atoms with Gasteiger partial charge in [0.2, 0.25) is 0 Å². The van der Waals surface area contributed by atoms with Crippen molar-refractivity contribution in [3.8, 4) is 0 Å². The predicted molar refractivity (Wildman–Crippen MR) is 47.4 cm³/mol. The van der Waals surface area contributed by atoms with Gasteiger partial charge in [-0.3, -0.25) is 0 Å². The van der Waals surface area contributed by atoms with Crippen molar-refractivity contribution in [3.63, 3.8) is 0 Å². The molecule has 0 saturated heterocycles. The van der Waals surface area contributed by atoms with Crippen molar-refractivity contribution >= 4 is 0 Å². The van der Waals surface area contributed by atoms with Crippen LogP contribution >= 0.6 is 0 Å². The zero-order valence-electron chi connectivity index (χ0n) is 7.38. The van der Waals surface area contributed by atoms with Gasteiger partial charge in [-0.05, 0) is 31.8 Å². The van der Waals surface area contributed by atoms with E-state index in [-0.39, 0.29) is 0 Å². The van der Waals surface area contributed by atoms with Gasteiger partial charge in [-0.2, -0.15) is 0 Å². The van der Waals surface area contributed by atoms with E-state index < -0.39 is 0 Å². The lowest BCUT2D eigenvalue weighted by Crippen LogP contribution is -2.11. The van der Waals surface area contributed by atoms with Crippen molar-refractivity contribution in [3.05, 3.63) is 12.3 Å². The molecule has 0 bridgehead atoms. The summed E-state index contributed by atoms with van der Waals surface area (Å²) in [6, 6.07) is 0. The van der Waals surface area contributed by atoms with Gasteiger partial charge in [0.1, 0.15) is 0 Å². The molecule has 1 heterocycles. The van der Waals surface area contributed by atoms with Crippen LogP contribution < -0.4 is 0 Å². The summed E-state index contributed by atoms with van der Waals surface area (Å²) in [4.78, 5) is 0. The number of ether oxygens (including phenoxy) is 1. The van der Waals surface area contributed by atoms with Gasteiger partial charge in [0.25, 0.3) is 0 Å². The lowest BCUT2D eigenvalue weighted by molar-refractivity contribution is 0.113. The first-order valence-corrected chi connectivity index (χ1v) is 4.74. The van der Waals surface area contributed by atoms with Crippen LogP contribution in [0.5, 0.6) is 0 Å². The Morgan fingerprint density at radius 3 is 3.00 bits per heavy atom. The van der Waals surface area contributed by atoms with Crippen molar-refractivity contribution in [2.45, 2.75) is 51.6 Å². The molecule has 0 fully saturated rings. The van der Waals surface area contributed by atoms with E-state index in [1.165, 1.54) is 38.5 Å². The number of hydrogen-bond acceptors (Lipinski definition) is 1. The molecular formula is C10H18O. The normalized spacial score (nSPS) is 23.2. The van der Waals surface area contributed by atoms with Crippen LogP contribution in [0.15, 0.2) is 12.3 Å². The first kappa shape index (κ1) is 8.63. The molecular weight excluding hydrogens is 136 g/mol.